The van der Waals surface area contributed by atoms with Gasteiger partial charge in [-0.05, 0) is 87.9 Å². The first-order valence-electron chi connectivity index (χ1n) is 12.3. The molecule has 2 aromatic rings. The Balaban J connectivity index is 1.89. The Labute approximate surface area is 207 Å². The van der Waals surface area contributed by atoms with Gasteiger partial charge >= 0.3 is 12.0 Å². The molecule has 1 aliphatic rings. The Morgan fingerprint density at radius 1 is 1.14 bits per heavy atom. The molecule has 1 unspecified atom stereocenters. The largest absolute Gasteiger partial charge is 0.494 e. The van der Waals surface area contributed by atoms with Crippen molar-refractivity contribution in [3.8, 4) is 5.75 Å². The van der Waals surface area contributed by atoms with Crippen molar-refractivity contribution in [3.63, 3.8) is 0 Å². The molecule has 1 heterocycles. The first kappa shape index (κ1) is 26.3. The molecule has 1 fully saturated rings. The third-order valence-electron chi connectivity index (χ3n) is 6.45. The van der Waals surface area contributed by atoms with Crippen molar-refractivity contribution in [2.75, 3.05) is 28.7 Å². The van der Waals surface area contributed by atoms with Crippen LogP contribution in [0.5, 0.6) is 5.75 Å². The second-order valence-electron chi connectivity index (χ2n) is 9.52. The van der Waals surface area contributed by atoms with Gasteiger partial charge in [-0.15, -0.1) is 0 Å². The fraction of sp³-hybridized carbons (Fsp3) is 0.481. The zero-order chi connectivity index (χ0) is 25.6. The number of hydrogen-bond donors (Lipinski definition) is 4. The van der Waals surface area contributed by atoms with Crippen molar-refractivity contribution >= 4 is 29.1 Å². The monoisotopic (exact) mass is 483 g/mol. The summed E-state index contributed by atoms with van der Waals surface area (Å²) >= 11 is 0. The molecule has 190 valence electrons. The van der Waals surface area contributed by atoms with E-state index in [2.05, 4.69) is 15.5 Å². The van der Waals surface area contributed by atoms with Crippen LogP contribution in [0, 0.1) is 0 Å². The maximum absolute atomic E-state index is 13.0. The Kier molecular flexibility index (Phi) is 8.62. The van der Waals surface area contributed by atoms with Crippen molar-refractivity contribution in [2.24, 2.45) is 0 Å². The summed E-state index contributed by atoms with van der Waals surface area (Å²) in [6.45, 7) is 8.79. The summed E-state index contributed by atoms with van der Waals surface area (Å²) in [7, 11) is 0. The van der Waals surface area contributed by atoms with Crippen LogP contribution in [-0.2, 0) is 4.79 Å². The molecule has 8 nitrogen and oxygen atoms in total. The number of amides is 2. The number of nitrogens with zero attached hydrogens (tertiary/aromatic N) is 1. The van der Waals surface area contributed by atoms with Gasteiger partial charge in [-0.2, -0.15) is 0 Å². The van der Waals surface area contributed by atoms with Gasteiger partial charge in [0.1, 0.15) is 5.75 Å². The van der Waals surface area contributed by atoms with Crippen molar-refractivity contribution in [1.82, 2.24) is 0 Å². The van der Waals surface area contributed by atoms with E-state index < -0.39 is 17.6 Å². The molecule has 1 saturated heterocycles. The third kappa shape index (κ3) is 6.88. The number of aliphatic hydroxyl groups is 1. The number of rotatable bonds is 10. The maximum atomic E-state index is 13.0. The normalized spacial score (nSPS) is 16.6. The highest BCUT2D eigenvalue weighted by atomic mass is 16.5. The zero-order valence-corrected chi connectivity index (χ0v) is 21.0. The molecule has 35 heavy (non-hydrogen) atoms. The molecule has 8 heteroatoms. The number of benzene rings is 2. The van der Waals surface area contributed by atoms with E-state index in [1.54, 1.807) is 38.1 Å². The molecule has 1 aliphatic heterocycles. The summed E-state index contributed by atoms with van der Waals surface area (Å²) in [4.78, 5) is 26.5. The van der Waals surface area contributed by atoms with E-state index in [-0.39, 0.29) is 18.4 Å². The minimum atomic E-state index is -0.910. The highest BCUT2D eigenvalue weighted by Crippen LogP contribution is 2.38. The van der Waals surface area contributed by atoms with Crippen molar-refractivity contribution < 1.29 is 24.5 Å². The lowest BCUT2D eigenvalue weighted by molar-refractivity contribution is -0.137. The summed E-state index contributed by atoms with van der Waals surface area (Å²) in [5, 5.41) is 25.9. The number of aliphatic carboxylic acids is 1. The smallest absolute Gasteiger partial charge is 0.323 e. The summed E-state index contributed by atoms with van der Waals surface area (Å²) in [6.07, 6.45) is 2.47. The number of urea groups is 1. The average molecular weight is 484 g/mol. The van der Waals surface area contributed by atoms with Gasteiger partial charge in [0, 0.05) is 12.2 Å². The summed E-state index contributed by atoms with van der Waals surface area (Å²) < 4.78 is 5.45. The van der Waals surface area contributed by atoms with Crippen LogP contribution in [0.4, 0.5) is 21.9 Å². The Bertz CT molecular complexity index is 1020. The minimum absolute atomic E-state index is 0.0175. The predicted octanol–water partition coefficient (Wildman–Crippen LogP) is 5.44. The molecule has 0 aliphatic carbocycles. The van der Waals surface area contributed by atoms with E-state index in [9.17, 15) is 19.8 Å². The molecule has 2 atom stereocenters. The van der Waals surface area contributed by atoms with Crippen molar-refractivity contribution in [2.45, 2.75) is 70.9 Å². The van der Waals surface area contributed by atoms with Gasteiger partial charge in [-0.3, -0.25) is 4.79 Å². The van der Waals surface area contributed by atoms with E-state index in [1.807, 2.05) is 32.0 Å². The molecule has 0 spiro atoms. The van der Waals surface area contributed by atoms with E-state index >= 15 is 0 Å². The van der Waals surface area contributed by atoms with Crippen LogP contribution in [0.15, 0.2) is 42.5 Å². The first-order valence-corrected chi connectivity index (χ1v) is 12.3. The number of hydrogen-bond acceptors (Lipinski definition) is 5. The van der Waals surface area contributed by atoms with Crippen LogP contribution in [0.2, 0.25) is 0 Å². The van der Waals surface area contributed by atoms with Crippen molar-refractivity contribution in [1.29, 1.82) is 0 Å². The highest BCUT2D eigenvalue weighted by molar-refractivity contribution is 6.02. The molecule has 3 rings (SSSR count). The van der Waals surface area contributed by atoms with Crippen LogP contribution in [0.25, 0.3) is 0 Å². The molecule has 4 N–H and O–H groups in total. The fourth-order valence-corrected chi connectivity index (χ4v) is 4.74. The summed E-state index contributed by atoms with van der Waals surface area (Å²) in [5.74, 6) is -0.297. The number of carbonyl (C=O) groups is 2. The van der Waals surface area contributed by atoms with E-state index in [1.165, 1.54) is 0 Å². The van der Waals surface area contributed by atoms with Gasteiger partial charge < -0.3 is 30.5 Å². The van der Waals surface area contributed by atoms with Gasteiger partial charge in [-0.25, -0.2) is 4.79 Å². The van der Waals surface area contributed by atoms with Crippen LogP contribution in [0.3, 0.4) is 0 Å². The number of carboxylic acids is 1. The number of nitrogens with one attached hydrogen (secondary N) is 2. The Hall–Kier alpha value is -3.26. The molecule has 2 amide bonds. The lowest BCUT2D eigenvalue weighted by Crippen LogP contribution is -2.46. The topological polar surface area (TPSA) is 111 Å². The summed E-state index contributed by atoms with van der Waals surface area (Å²) in [5.41, 5.74) is 1.97. The number of anilines is 3. The first-order chi connectivity index (χ1) is 16.6. The van der Waals surface area contributed by atoms with E-state index in [0.29, 0.717) is 24.4 Å². The number of carboxylic acid groups (broad SMARTS) is 1. The lowest BCUT2D eigenvalue weighted by Gasteiger charge is -2.36. The lowest BCUT2D eigenvalue weighted by atomic mass is 9.92. The van der Waals surface area contributed by atoms with Crippen LogP contribution in [-0.4, -0.2) is 47.0 Å². The molecule has 0 bridgehead atoms. The van der Waals surface area contributed by atoms with Crippen LogP contribution >= 0.6 is 0 Å². The molecular weight excluding hydrogens is 446 g/mol. The maximum Gasteiger partial charge on any atom is 0.323 e. The molecule has 0 radical (unpaired) electrons. The number of ether oxygens (including phenoxy) is 1. The summed E-state index contributed by atoms with van der Waals surface area (Å²) in [6, 6.07) is 12.4. The van der Waals surface area contributed by atoms with Crippen LogP contribution < -0.4 is 20.3 Å². The van der Waals surface area contributed by atoms with Gasteiger partial charge in [0.15, 0.2) is 0 Å². The minimum Gasteiger partial charge on any atom is -0.494 e. The van der Waals surface area contributed by atoms with Gasteiger partial charge in [0.05, 0.1) is 36.0 Å². The Morgan fingerprint density at radius 2 is 1.86 bits per heavy atom. The second-order valence-corrected chi connectivity index (χ2v) is 9.52. The van der Waals surface area contributed by atoms with Crippen molar-refractivity contribution in [3.05, 3.63) is 48.0 Å². The average Bonchev–Trinajstić information content (AvgIpc) is 3.29. The van der Waals surface area contributed by atoms with E-state index in [0.717, 1.165) is 36.4 Å². The second kappa shape index (κ2) is 11.4. The van der Waals surface area contributed by atoms with Gasteiger partial charge in [-0.1, -0.05) is 13.0 Å². The molecule has 2 aromatic carbocycles. The van der Waals surface area contributed by atoms with Crippen LogP contribution in [0.1, 0.15) is 64.9 Å². The molecule has 0 saturated carbocycles. The zero-order valence-electron chi connectivity index (χ0n) is 21.0. The van der Waals surface area contributed by atoms with Gasteiger partial charge in [0.2, 0.25) is 0 Å². The quantitative estimate of drug-likeness (QED) is 0.358. The van der Waals surface area contributed by atoms with Gasteiger partial charge in [0.25, 0.3) is 0 Å². The molecular formula is C27H37N3O5. The molecule has 0 aromatic heterocycles. The SMILES string of the molecule is CCOc1ccc(NC(=O)Nc2cc([C@H](CC)CC(=O)O)ccc2N2CCCC2C(C)(C)O)cc1. The fourth-order valence-electron chi connectivity index (χ4n) is 4.74. The number of carbonyl (C=O) groups excluding carboxylic acids is 1. The Morgan fingerprint density at radius 3 is 2.46 bits per heavy atom. The predicted molar refractivity (Wildman–Crippen MR) is 139 cm³/mol. The third-order valence-corrected chi connectivity index (χ3v) is 6.45. The van der Waals surface area contributed by atoms with E-state index in [4.69, 9.17) is 4.74 Å². The highest BCUT2D eigenvalue weighted by Gasteiger charge is 2.37. The standard InChI is InChI=1S/C27H37N3O5/c1-5-18(17-25(31)32)19-9-14-23(30-15-7-8-24(30)27(3,4)34)22(16-19)29-26(33)28-20-10-12-21(13-11-20)35-6-2/h9-14,16,18,24,34H,5-8,15,17H2,1-4H3,(H,31,32)(H2,28,29,33)/t18-,24?/m1/s1.